The molecule has 1 amide bonds. The molecule has 1 aliphatic carbocycles. The van der Waals surface area contributed by atoms with Crippen molar-refractivity contribution >= 4 is 5.91 Å². The summed E-state index contributed by atoms with van der Waals surface area (Å²) in [5, 5.41) is 17.5. The van der Waals surface area contributed by atoms with E-state index in [4.69, 9.17) is 0 Å². The number of rotatable bonds is 3. The van der Waals surface area contributed by atoms with Crippen molar-refractivity contribution in [2.24, 2.45) is 7.05 Å². The topological polar surface area (TPSA) is 80.0 Å². The van der Waals surface area contributed by atoms with E-state index in [0.717, 1.165) is 16.7 Å². The van der Waals surface area contributed by atoms with Crippen LogP contribution in [0.5, 0.6) is 0 Å². The Balaban J connectivity index is 1.52. The fourth-order valence-electron chi connectivity index (χ4n) is 3.21. The van der Waals surface area contributed by atoms with Gasteiger partial charge in [-0.05, 0) is 23.3 Å². The number of fused-ring (bicyclic) bond motifs is 1. The molecule has 0 radical (unpaired) electrons. The van der Waals surface area contributed by atoms with E-state index < -0.39 is 6.10 Å². The molecular formula is C19H18N4O2. The van der Waals surface area contributed by atoms with E-state index in [-0.39, 0.29) is 11.9 Å². The fourth-order valence-corrected chi connectivity index (χ4v) is 3.21. The Bertz CT molecular complexity index is 917. The number of carbonyl (C=O) groups excluding carboxylic acids is 1. The molecule has 4 rings (SSSR count). The van der Waals surface area contributed by atoms with Gasteiger partial charge in [-0.25, -0.2) is 4.98 Å². The maximum atomic E-state index is 12.6. The SMILES string of the molecule is Cn1cnc(-c2ccc(C(=O)N[C@@H]3c4ccccc4C[C@@H]3O)cc2)n1. The number of aryl methyl sites for hydroxylation is 1. The lowest BCUT2D eigenvalue weighted by Gasteiger charge is -2.18. The van der Waals surface area contributed by atoms with Crippen LogP contribution in [0.4, 0.5) is 0 Å². The number of aliphatic hydroxyl groups excluding tert-OH is 1. The van der Waals surface area contributed by atoms with Gasteiger partial charge in [0.15, 0.2) is 5.82 Å². The number of amides is 1. The predicted octanol–water partition coefficient (Wildman–Crippen LogP) is 1.87. The molecular weight excluding hydrogens is 316 g/mol. The van der Waals surface area contributed by atoms with Gasteiger partial charge in [0.1, 0.15) is 6.33 Å². The summed E-state index contributed by atoms with van der Waals surface area (Å²) in [5.41, 5.74) is 3.45. The minimum atomic E-state index is -0.599. The summed E-state index contributed by atoms with van der Waals surface area (Å²) in [6.07, 6.45) is 1.60. The first-order chi connectivity index (χ1) is 12.1. The monoisotopic (exact) mass is 334 g/mol. The van der Waals surface area contributed by atoms with E-state index in [2.05, 4.69) is 15.4 Å². The van der Waals surface area contributed by atoms with Gasteiger partial charge < -0.3 is 10.4 Å². The number of nitrogens with one attached hydrogen (secondary N) is 1. The second-order valence-corrected chi connectivity index (χ2v) is 6.24. The van der Waals surface area contributed by atoms with Crippen LogP contribution in [0.3, 0.4) is 0 Å². The smallest absolute Gasteiger partial charge is 0.251 e. The summed E-state index contributed by atoms with van der Waals surface area (Å²) < 4.78 is 1.63. The summed E-state index contributed by atoms with van der Waals surface area (Å²) in [4.78, 5) is 16.7. The Hall–Kier alpha value is -2.99. The number of aliphatic hydroxyl groups is 1. The summed E-state index contributed by atoms with van der Waals surface area (Å²) >= 11 is 0. The Morgan fingerprint density at radius 2 is 1.96 bits per heavy atom. The standard InChI is InChI=1S/C19H18N4O2/c1-23-11-20-18(22-23)12-6-8-13(9-7-12)19(25)21-17-15-5-3-2-4-14(15)10-16(17)24/h2-9,11,16-17,24H,10H2,1H3,(H,21,25)/t16-,17+/m0/s1. The van der Waals surface area contributed by atoms with Crippen molar-refractivity contribution in [3.05, 3.63) is 71.5 Å². The molecule has 2 aromatic carbocycles. The quantitative estimate of drug-likeness (QED) is 0.766. The average molecular weight is 334 g/mol. The Morgan fingerprint density at radius 1 is 1.20 bits per heavy atom. The average Bonchev–Trinajstić information content (AvgIpc) is 3.19. The molecule has 1 aromatic heterocycles. The van der Waals surface area contributed by atoms with E-state index in [9.17, 15) is 9.90 Å². The molecule has 0 unspecified atom stereocenters. The van der Waals surface area contributed by atoms with Crippen LogP contribution in [0.15, 0.2) is 54.9 Å². The first-order valence-corrected chi connectivity index (χ1v) is 8.14. The van der Waals surface area contributed by atoms with Crippen molar-refractivity contribution in [2.75, 3.05) is 0 Å². The van der Waals surface area contributed by atoms with Crippen molar-refractivity contribution in [2.45, 2.75) is 18.6 Å². The molecule has 0 saturated carbocycles. The van der Waals surface area contributed by atoms with Gasteiger partial charge in [0, 0.05) is 24.6 Å². The second-order valence-electron chi connectivity index (χ2n) is 6.24. The van der Waals surface area contributed by atoms with Gasteiger partial charge in [-0.3, -0.25) is 9.48 Å². The largest absolute Gasteiger partial charge is 0.390 e. The number of nitrogens with zero attached hydrogens (tertiary/aromatic N) is 3. The maximum absolute atomic E-state index is 12.6. The van der Waals surface area contributed by atoms with E-state index in [0.29, 0.717) is 17.8 Å². The highest BCUT2D eigenvalue weighted by Crippen LogP contribution is 2.31. The molecule has 0 fully saturated rings. The highest BCUT2D eigenvalue weighted by atomic mass is 16.3. The zero-order chi connectivity index (χ0) is 17.4. The van der Waals surface area contributed by atoms with Crippen LogP contribution in [-0.2, 0) is 13.5 Å². The molecule has 0 spiro atoms. The van der Waals surface area contributed by atoms with Crippen LogP contribution in [0, 0.1) is 0 Å². The molecule has 6 nitrogen and oxygen atoms in total. The Morgan fingerprint density at radius 3 is 2.68 bits per heavy atom. The highest BCUT2D eigenvalue weighted by molar-refractivity contribution is 5.95. The molecule has 0 bridgehead atoms. The van der Waals surface area contributed by atoms with E-state index in [1.54, 1.807) is 23.1 Å². The van der Waals surface area contributed by atoms with Crippen molar-refractivity contribution in [1.29, 1.82) is 0 Å². The van der Waals surface area contributed by atoms with Crippen LogP contribution >= 0.6 is 0 Å². The fraction of sp³-hybridized carbons (Fsp3) is 0.211. The van der Waals surface area contributed by atoms with Crippen LogP contribution < -0.4 is 5.32 Å². The van der Waals surface area contributed by atoms with Crippen molar-refractivity contribution < 1.29 is 9.90 Å². The zero-order valence-electron chi connectivity index (χ0n) is 13.8. The molecule has 3 aromatic rings. The van der Waals surface area contributed by atoms with E-state index in [1.165, 1.54) is 0 Å². The number of hydrogen-bond donors (Lipinski definition) is 2. The lowest BCUT2D eigenvalue weighted by Crippen LogP contribution is -2.33. The number of hydrogen-bond acceptors (Lipinski definition) is 4. The van der Waals surface area contributed by atoms with Gasteiger partial charge in [-0.1, -0.05) is 36.4 Å². The van der Waals surface area contributed by atoms with Gasteiger partial charge in [-0.15, -0.1) is 0 Å². The van der Waals surface area contributed by atoms with Crippen LogP contribution in [0.1, 0.15) is 27.5 Å². The zero-order valence-corrected chi connectivity index (χ0v) is 13.8. The number of carbonyl (C=O) groups is 1. The minimum Gasteiger partial charge on any atom is -0.390 e. The van der Waals surface area contributed by atoms with Gasteiger partial charge in [0.05, 0.1) is 12.1 Å². The molecule has 2 N–H and O–H groups in total. The molecule has 0 saturated heterocycles. The third kappa shape index (κ3) is 2.92. The van der Waals surface area contributed by atoms with Gasteiger partial charge in [-0.2, -0.15) is 5.10 Å². The molecule has 1 aliphatic rings. The maximum Gasteiger partial charge on any atom is 0.251 e. The van der Waals surface area contributed by atoms with Crippen LogP contribution in [0.2, 0.25) is 0 Å². The summed E-state index contributed by atoms with van der Waals surface area (Å²) in [6, 6.07) is 14.6. The van der Waals surface area contributed by atoms with Crippen LogP contribution in [-0.4, -0.2) is 31.9 Å². The number of aromatic nitrogens is 3. The molecule has 1 heterocycles. The minimum absolute atomic E-state index is 0.207. The molecule has 6 heteroatoms. The second kappa shape index (κ2) is 6.14. The first-order valence-electron chi connectivity index (χ1n) is 8.14. The molecule has 25 heavy (non-hydrogen) atoms. The normalized spacial score (nSPS) is 18.8. The summed E-state index contributed by atoms with van der Waals surface area (Å²) in [6.45, 7) is 0. The van der Waals surface area contributed by atoms with Crippen molar-refractivity contribution in [3.63, 3.8) is 0 Å². The van der Waals surface area contributed by atoms with E-state index >= 15 is 0 Å². The lowest BCUT2D eigenvalue weighted by molar-refractivity contribution is 0.0858. The summed E-state index contributed by atoms with van der Waals surface area (Å²) in [5.74, 6) is 0.413. The molecule has 126 valence electrons. The molecule has 2 atom stereocenters. The third-order valence-corrected chi connectivity index (χ3v) is 4.50. The predicted molar refractivity (Wildman–Crippen MR) is 92.8 cm³/mol. The first kappa shape index (κ1) is 15.5. The summed E-state index contributed by atoms with van der Waals surface area (Å²) in [7, 11) is 1.81. The molecule has 0 aliphatic heterocycles. The highest BCUT2D eigenvalue weighted by Gasteiger charge is 2.32. The van der Waals surface area contributed by atoms with E-state index in [1.807, 2.05) is 43.4 Å². The van der Waals surface area contributed by atoms with Gasteiger partial charge in [0.2, 0.25) is 0 Å². The van der Waals surface area contributed by atoms with Gasteiger partial charge >= 0.3 is 0 Å². The number of benzene rings is 2. The van der Waals surface area contributed by atoms with Crippen molar-refractivity contribution in [1.82, 2.24) is 20.1 Å². The Labute approximate surface area is 145 Å². The third-order valence-electron chi connectivity index (χ3n) is 4.50. The van der Waals surface area contributed by atoms with Crippen LogP contribution in [0.25, 0.3) is 11.4 Å². The Kier molecular flexibility index (Phi) is 3.82. The lowest BCUT2D eigenvalue weighted by atomic mass is 10.1. The van der Waals surface area contributed by atoms with Gasteiger partial charge in [0.25, 0.3) is 5.91 Å². The van der Waals surface area contributed by atoms with Crippen molar-refractivity contribution in [3.8, 4) is 11.4 Å².